The molecule has 3 aliphatic carbocycles. The van der Waals surface area contributed by atoms with Gasteiger partial charge < -0.3 is 4.42 Å². The minimum absolute atomic E-state index is 0.109. The van der Waals surface area contributed by atoms with Crippen LogP contribution in [0.25, 0.3) is 66.4 Å². The Morgan fingerprint density at radius 3 is 1.47 bits per heavy atom. The highest BCUT2D eigenvalue weighted by Crippen LogP contribution is 2.63. The van der Waals surface area contributed by atoms with Crippen LogP contribution in [0.1, 0.15) is 73.5 Å². The van der Waals surface area contributed by atoms with Crippen molar-refractivity contribution in [3.63, 3.8) is 0 Å². The van der Waals surface area contributed by atoms with E-state index in [1.54, 1.807) is 0 Å². The third-order valence-electron chi connectivity index (χ3n) is 16.7. The highest BCUT2D eigenvalue weighted by atomic mass is 16.3. The first-order valence-corrected chi connectivity index (χ1v) is 25.5. The molecule has 15 rings (SSSR count). The molecular formula is C71H48O. The third kappa shape index (κ3) is 5.71. The minimum Gasteiger partial charge on any atom is -0.456 e. The molecule has 1 spiro atoms. The van der Waals surface area contributed by atoms with E-state index >= 15 is 0 Å². The molecule has 0 saturated carbocycles. The van der Waals surface area contributed by atoms with Gasteiger partial charge in [-0.25, -0.2) is 0 Å². The Kier molecular flexibility index (Phi) is 9.05. The van der Waals surface area contributed by atoms with Crippen LogP contribution < -0.4 is 0 Å². The van der Waals surface area contributed by atoms with Crippen molar-refractivity contribution in [1.29, 1.82) is 0 Å². The largest absolute Gasteiger partial charge is 0.456 e. The zero-order chi connectivity index (χ0) is 47.4. The van der Waals surface area contributed by atoms with Crippen LogP contribution in [0.4, 0.5) is 0 Å². The predicted octanol–water partition coefficient (Wildman–Crippen LogP) is 17.7. The molecule has 338 valence electrons. The van der Waals surface area contributed by atoms with Gasteiger partial charge in [-0.15, -0.1) is 0 Å². The molecule has 11 aromatic carbocycles. The normalized spacial score (nSPS) is 14.4. The second kappa shape index (κ2) is 15.9. The average Bonchev–Trinajstić information content (AvgIpc) is 4.17. The zero-order valence-corrected chi connectivity index (χ0v) is 39.7. The molecule has 0 saturated heterocycles. The lowest BCUT2D eigenvalue weighted by Gasteiger charge is -2.34. The summed E-state index contributed by atoms with van der Waals surface area (Å²) in [4.78, 5) is 0. The van der Waals surface area contributed by atoms with E-state index in [9.17, 15) is 0 Å². The molecule has 1 heteroatoms. The molecule has 0 bridgehead atoms. The summed E-state index contributed by atoms with van der Waals surface area (Å²) in [5.74, 6) is 0.109. The van der Waals surface area contributed by atoms with Gasteiger partial charge in [0.05, 0.1) is 10.8 Å². The third-order valence-corrected chi connectivity index (χ3v) is 16.7. The van der Waals surface area contributed by atoms with E-state index in [1.165, 1.54) is 106 Å². The van der Waals surface area contributed by atoms with Crippen LogP contribution >= 0.6 is 0 Å². The van der Waals surface area contributed by atoms with Crippen LogP contribution in [0.3, 0.4) is 0 Å². The van der Waals surface area contributed by atoms with E-state index < -0.39 is 10.8 Å². The van der Waals surface area contributed by atoms with Crippen LogP contribution in [0, 0.1) is 0 Å². The first-order valence-electron chi connectivity index (χ1n) is 25.5. The molecule has 72 heavy (non-hydrogen) atoms. The summed E-state index contributed by atoms with van der Waals surface area (Å²) in [6.45, 7) is 0. The van der Waals surface area contributed by atoms with Gasteiger partial charge in [0.2, 0.25) is 0 Å². The summed E-state index contributed by atoms with van der Waals surface area (Å²) in [5, 5.41) is 2.29. The van der Waals surface area contributed by atoms with Crippen molar-refractivity contribution in [1.82, 2.24) is 0 Å². The molecule has 0 amide bonds. The monoisotopic (exact) mass is 916 g/mol. The number of rotatable bonds is 8. The van der Waals surface area contributed by atoms with Gasteiger partial charge in [0, 0.05) is 16.7 Å². The number of para-hydroxylation sites is 1. The molecule has 0 aliphatic heterocycles. The van der Waals surface area contributed by atoms with E-state index in [0.29, 0.717) is 0 Å². The highest BCUT2D eigenvalue weighted by Gasteiger charge is 2.52. The maximum atomic E-state index is 6.24. The number of fused-ring (bicyclic) bond motifs is 16. The fourth-order valence-electron chi connectivity index (χ4n) is 13.7. The van der Waals surface area contributed by atoms with Crippen molar-refractivity contribution in [3.05, 3.63) is 322 Å². The molecule has 1 heterocycles. The molecule has 0 fully saturated rings. The molecule has 12 aromatic rings. The summed E-state index contributed by atoms with van der Waals surface area (Å²) < 4.78 is 6.24. The van der Waals surface area contributed by atoms with Crippen LogP contribution in [0.15, 0.2) is 265 Å². The zero-order valence-electron chi connectivity index (χ0n) is 39.7. The Hall–Kier alpha value is -8.78. The fraction of sp³-hybridized carbons (Fsp3) is 0.0704. The number of furan rings is 1. The van der Waals surface area contributed by atoms with Crippen molar-refractivity contribution < 1.29 is 4.42 Å². The van der Waals surface area contributed by atoms with Gasteiger partial charge in [-0.3, -0.25) is 0 Å². The quantitative estimate of drug-likeness (QED) is 0.148. The Labute approximate surface area is 420 Å². The molecular weight excluding hydrogens is 869 g/mol. The Bertz CT molecular complexity index is 4000. The average molecular weight is 917 g/mol. The Balaban J connectivity index is 0.897. The summed E-state index contributed by atoms with van der Waals surface area (Å²) in [7, 11) is 0. The molecule has 0 radical (unpaired) electrons. The second-order valence-corrected chi connectivity index (χ2v) is 20.1. The maximum Gasteiger partial charge on any atom is 0.135 e. The smallest absolute Gasteiger partial charge is 0.135 e. The van der Waals surface area contributed by atoms with Crippen LogP contribution in [0.5, 0.6) is 0 Å². The van der Waals surface area contributed by atoms with E-state index in [0.717, 1.165) is 34.8 Å². The number of benzene rings is 11. The molecule has 1 unspecified atom stereocenters. The maximum absolute atomic E-state index is 6.24. The second-order valence-electron chi connectivity index (χ2n) is 20.1. The Morgan fingerprint density at radius 2 is 0.819 bits per heavy atom. The first-order chi connectivity index (χ1) is 35.7. The van der Waals surface area contributed by atoms with Gasteiger partial charge in [0.1, 0.15) is 11.2 Å². The summed E-state index contributed by atoms with van der Waals surface area (Å²) in [5.41, 5.74) is 26.2. The topological polar surface area (TPSA) is 13.1 Å². The van der Waals surface area contributed by atoms with Gasteiger partial charge in [0.15, 0.2) is 0 Å². The van der Waals surface area contributed by atoms with Crippen LogP contribution in [0.2, 0.25) is 0 Å². The van der Waals surface area contributed by atoms with E-state index in [1.807, 2.05) is 6.07 Å². The van der Waals surface area contributed by atoms with Gasteiger partial charge in [-0.1, -0.05) is 243 Å². The summed E-state index contributed by atoms with van der Waals surface area (Å²) >= 11 is 0. The van der Waals surface area contributed by atoms with Crippen molar-refractivity contribution >= 4 is 21.9 Å². The van der Waals surface area contributed by atoms with Gasteiger partial charge in [-0.2, -0.15) is 0 Å². The van der Waals surface area contributed by atoms with Crippen molar-refractivity contribution in [3.8, 4) is 44.5 Å². The van der Waals surface area contributed by atoms with Gasteiger partial charge >= 0.3 is 0 Å². The number of hydrogen-bond donors (Lipinski definition) is 0. The lowest BCUT2D eigenvalue weighted by molar-refractivity contribution is 0.669. The number of hydrogen-bond acceptors (Lipinski definition) is 1. The summed E-state index contributed by atoms with van der Waals surface area (Å²) in [6.07, 6.45) is 1.84. The van der Waals surface area contributed by atoms with E-state index in [-0.39, 0.29) is 5.92 Å². The lowest BCUT2D eigenvalue weighted by atomic mass is 9.67. The van der Waals surface area contributed by atoms with Crippen LogP contribution in [-0.2, 0) is 17.3 Å². The van der Waals surface area contributed by atoms with Crippen LogP contribution in [-0.4, -0.2) is 0 Å². The van der Waals surface area contributed by atoms with Gasteiger partial charge in [-0.05, 0) is 137 Å². The van der Waals surface area contributed by atoms with Crippen molar-refractivity contribution in [2.24, 2.45) is 0 Å². The first kappa shape index (κ1) is 41.0. The van der Waals surface area contributed by atoms with E-state index in [4.69, 9.17) is 4.42 Å². The van der Waals surface area contributed by atoms with Crippen molar-refractivity contribution in [2.45, 2.75) is 29.6 Å². The molecule has 3 aliphatic rings. The molecule has 1 atom stereocenters. The minimum atomic E-state index is -0.442. The standard InChI is InChI=1S/C71H48O/c1-3-19-51(20-4-1)70(52-21-5-2-6-22-52)64-31-15-10-27-59(64)69-48(18-17-32-65(69)70)38-41-53(47-36-34-46(35-37-47)49-40-43-68-60(44-49)58-26-11-16-33-67(58)72-68)50-39-42-57-56-25-9-14-30-63(56)71(66(57)45-50)61-28-12-7-23-54(61)55-24-8-13-29-62(55)71/h1-37,39-40,42-45,53H,38,41H2. The van der Waals surface area contributed by atoms with Gasteiger partial charge in [0.25, 0.3) is 0 Å². The Morgan fingerprint density at radius 1 is 0.319 bits per heavy atom. The molecule has 0 N–H and O–H groups in total. The van der Waals surface area contributed by atoms with E-state index in [2.05, 4.69) is 255 Å². The predicted molar refractivity (Wildman–Crippen MR) is 296 cm³/mol. The molecule has 1 nitrogen and oxygen atoms in total. The fourth-order valence-corrected chi connectivity index (χ4v) is 13.7. The molecule has 1 aromatic heterocycles. The van der Waals surface area contributed by atoms with Crippen molar-refractivity contribution in [2.75, 3.05) is 0 Å². The SMILES string of the molecule is c1ccc(C2(c3ccccc3)c3ccccc3-c3c(CCC(c4ccc(-c5ccc6oc7ccccc7c6c5)cc4)c4ccc5c(c4)C4(c6ccccc6-c6ccccc64)c4ccccc4-5)cccc32)cc1. The highest BCUT2D eigenvalue weighted by molar-refractivity contribution is 6.06. The summed E-state index contributed by atoms with van der Waals surface area (Å²) in [6, 6.07) is 98.0. The lowest BCUT2D eigenvalue weighted by Crippen LogP contribution is -2.28. The number of aryl methyl sites for hydroxylation is 1.